The lowest BCUT2D eigenvalue weighted by atomic mass is 10.1. The number of halogens is 1. The molecule has 0 bridgehead atoms. The Labute approximate surface area is 184 Å². The maximum absolute atomic E-state index is 15.0. The van der Waals surface area contributed by atoms with Crippen molar-refractivity contribution in [2.75, 3.05) is 7.11 Å². The van der Waals surface area contributed by atoms with Gasteiger partial charge in [-0.15, -0.1) is 0 Å². The van der Waals surface area contributed by atoms with Crippen LogP contribution >= 0.6 is 0 Å². The van der Waals surface area contributed by atoms with Crippen molar-refractivity contribution < 1.29 is 19.0 Å². The maximum atomic E-state index is 15.0. The Balaban J connectivity index is 1.65. The fraction of sp³-hybridized carbons (Fsp3) is 0.304. The van der Waals surface area contributed by atoms with E-state index in [1.807, 2.05) is 19.9 Å². The van der Waals surface area contributed by atoms with Gasteiger partial charge in [-0.1, -0.05) is 26.0 Å². The molecule has 32 heavy (non-hydrogen) atoms. The predicted octanol–water partition coefficient (Wildman–Crippen LogP) is 3.77. The zero-order valence-corrected chi connectivity index (χ0v) is 18.1. The molecule has 166 valence electrons. The third kappa shape index (κ3) is 4.05. The third-order valence-corrected chi connectivity index (χ3v) is 5.42. The predicted molar refractivity (Wildman–Crippen MR) is 117 cm³/mol. The molecule has 1 aromatic carbocycles. The Hall–Kier alpha value is -3.75. The van der Waals surface area contributed by atoms with Gasteiger partial charge in [0.05, 0.1) is 31.3 Å². The number of aromatic amines is 1. The normalized spacial score (nSPS) is 11.2. The minimum absolute atomic E-state index is 0.0847. The molecule has 4 aromatic rings. The molecule has 0 amide bonds. The second-order valence-electron chi connectivity index (χ2n) is 7.42. The van der Waals surface area contributed by atoms with Crippen LogP contribution < -0.4 is 4.74 Å². The van der Waals surface area contributed by atoms with Crippen molar-refractivity contribution in [1.82, 2.24) is 24.7 Å². The first kappa shape index (κ1) is 21.5. The largest absolute Gasteiger partial charge is 0.481 e. The van der Waals surface area contributed by atoms with Crippen molar-refractivity contribution in [1.29, 1.82) is 0 Å². The number of pyridine rings is 1. The molecule has 2 N–H and O–H groups in total. The molecular weight excluding hydrogens is 413 g/mol. The van der Waals surface area contributed by atoms with Crippen LogP contribution in [-0.2, 0) is 30.6 Å². The van der Waals surface area contributed by atoms with E-state index in [1.54, 1.807) is 22.9 Å². The highest BCUT2D eigenvalue weighted by Gasteiger charge is 2.19. The summed E-state index contributed by atoms with van der Waals surface area (Å²) < 4.78 is 21.9. The van der Waals surface area contributed by atoms with Crippen molar-refractivity contribution in [3.8, 4) is 17.3 Å². The van der Waals surface area contributed by atoms with Crippen molar-refractivity contribution in [2.45, 2.75) is 39.7 Å². The van der Waals surface area contributed by atoms with E-state index < -0.39 is 5.97 Å². The molecule has 0 aliphatic rings. The first-order valence-electron chi connectivity index (χ1n) is 10.4. The van der Waals surface area contributed by atoms with Crippen LogP contribution in [0, 0.1) is 5.82 Å². The number of ether oxygens (including phenoxy) is 1. The van der Waals surface area contributed by atoms with Gasteiger partial charge in [0.2, 0.25) is 5.88 Å². The molecule has 4 rings (SSSR count). The average molecular weight is 437 g/mol. The summed E-state index contributed by atoms with van der Waals surface area (Å²) in [5.41, 5.74) is 4.58. The lowest BCUT2D eigenvalue weighted by Gasteiger charge is -2.09. The van der Waals surface area contributed by atoms with Gasteiger partial charge in [-0.05, 0) is 25.0 Å². The molecule has 0 spiro atoms. The first-order chi connectivity index (χ1) is 15.4. The molecule has 0 unspecified atom stereocenters. The quantitative estimate of drug-likeness (QED) is 0.435. The highest BCUT2D eigenvalue weighted by molar-refractivity contribution is 5.76. The highest BCUT2D eigenvalue weighted by atomic mass is 19.1. The first-order valence-corrected chi connectivity index (χ1v) is 10.4. The van der Waals surface area contributed by atoms with Crippen LogP contribution in [0.2, 0.25) is 0 Å². The lowest BCUT2D eigenvalue weighted by molar-refractivity contribution is -0.136. The SMILES string of the molecule is CCc1nn(Cc2ccc(-c3nc4nc(OC)ccc4[nH]3)cc2F)c(CC)c1CC(=O)O. The molecule has 0 saturated heterocycles. The van der Waals surface area contributed by atoms with Gasteiger partial charge in [-0.2, -0.15) is 10.1 Å². The van der Waals surface area contributed by atoms with Gasteiger partial charge in [-0.3, -0.25) is 9.48 Å². The zero-order chi connectivity index (χ0) is 22.8. The summed E-state index contributed by atoms with van der Waals surface area (Å²) in [6.45, 7) is 4.10. The number of carboxylic acids is 1. The number of imidazole rings is 1. The van der Waals surface area contributed by atoms with Gasteiger partial charge in [0.25, 0.3) is 0 Å². The number of methoxy groups -OCH3 is 1. The number of fused-ring (bicyclic) bond motifs is 1. The van der Waals surface area contributed by atoms with Crippen LogP contribution in [0.4, 0.5) is 4.39 Å². The van der Waals surface area contributed by atoms with E-state index in [2.05, 4.69) is 20.1 Å². The number of rotatable bonds is 8. The summed E-state index contributed by atoms with van der Waals surface area (Å²) in [5, 5.41) is 13.8. The second-order valence-corrected chi connectivity index (χ2v) is 7.42. The van der Waals surface area contributed by atoms with Crippen LogP contribution in [0.3, 0.4) is 0 Å². The molecule has 0 atom stereocenters. The minimum atomic E-state index is -0.901. The lowest BCUT2D eigenvalue weighted by Crippen LogP contribution is -2.09. The molecule has 3 aromatic heterocycles. The Morgan fingerprint density at radius 3 is 2.66 bits per heavy atom. The molecule has 0 radical (unpaired) electrons. The van der Waals surface area contributed by atoms with E-state index in [1.165, 1.54) is 13.2 Å². The van der Waals surface area contributed by atoms with E-state index in [4.69, 9.17) is 4.74 Å². The summed E-state index contributed by atoms with van der Waals surface area (Å²) in [6, 6.07) is 8.47. The van der Waals surface area contributed by atoms with Crippen LogP contribution in [0.25, 0.3) is 22.6 Å². The standard InChI is InChI=1S/C23H24FN5O3/c1-4-17-15(11-21(30)31)19(5-2)29(28-17)12-14-7-6-13(10-16(14)24)22-25-18-8-9-20(32-3)26-23(18)27-22/h6-10H,4-5,11-12H2,1-3H3,(H,30,31)(H,25,26,27). The topological polar surface area (TPSA) is 106 Å². The number of hydrogen-bond acceptors (Lipinski definition) is 5. The molecule has 8 nitrogen and oxygen atoms in total. The number of H-pyrrole nitrogens is 1. The van der Waals surface area contributed by atoms with Gasteiger partial charge in [0, 0.05) is 28.5 Å². The molecule has 0 aliphatic heterocycles. The zero-order valence-electron chi connectivity index (χ0n) is 18.1. The summed E-state index contributed by atoms with van der Waals surface area (Å²) in [5.74, 6) is -0.320. The fourth-order valence-electron chi connectivity index (χ4n) is 3.86. The van der Waals surface area contributed by atoms with Crippen LogP contribution in [0.15, 0.2) is 30.3 Å². The summed E-state index contributed by atoms with van der Waals surface area (Å²) in [7, 11) is 1.54. The van der Waals surface area contributed by atoms with Gasteiger partial charge in [0.1, 0.15) is 11.6 Å². The van der Waals surface area contributed by atoms with Gasteiger partial charge in [-0.25, -0.2) is 9.37 Å². The second kappa shape index (κ2) is 8.78. The Morgan fingerprint density at radius 2 is 2.00 bits per heavy atom. The number of nitrogens with one attached hydrogen (secondary N) is 1. The summed E-state index contributed by atoms with van der Waals surface area (Å²) >= 11 is 0. The number of aryl methyl sites for hydroxylation is 1. The number of benzene rings is 1. The van der Waals surface area contributed by atoms with E-state index in [-0.39, 0.29) is 18.8 Å². The smallest absolute Gasteiger partial charge is 0.307 e. The molecule has 0 saturated carbocycles. The summed E-state index contributed by atoms with van der Waals surface area (Å²) in [4.78, 5) is 23.2. The molecule has 3 heterocycles. The Bertz CT molecular complexity index is 1290. The van der Waals surface area contributed by atoms with Gasteiger partial charge >= 0.3 is 5.97 Å². The maximum Gasteiger partial charge on any atom is 0.307 e. The average Bonchev–Trinajstić information content (AvgIpc) is 3.34. The number of aromatic nitrogens is 5. The summed E-state index contributed by atoms with van der Waals surface area (Å²) in [6.07, 6.45) is 1.15. The number of hydrogen-bond donors (Lipinski definition) is 2. The number of carbonyl (C=O) groups is 1. The van der Waals surface area contributed by atoms with Crippen LogP contribution in [0.5, 0.6) is 5.88 Å². The van der Waals surface area contributed by atoms with Gasteiger partial charge < -0.3 is 14.8 Å². The van der Waals surface area contributed by atoms with Crippen LogP contribution in [-0.4, -0.2) is 42.9 Å². The molecule has 0 fully saturated rings. The van der Waals surface area contributed by atoms with Crippen molar-refractivity contribution in [2.24, 2.45) is 0 Å². The fourth-order valence-corrected chi connectivity index (χ4v) is 3.86. The van der Waals surface area contributed by atoms with E-state index in [0.717, 1.165) is 22.5 Å². The Kier molecular flexibility index (Phi) is 5.89. The minimum Gasteiger partial charge on any atom is -0.481 e. The van der Waals surface area contributed by atoms with E-state index >= 15 is 4.39 Å². The molecular formula is C23H24FN5O3. The van der Waals surface area contributed by atoms with E-state index in [0.29, 0.717) is 41.3 Å². The molecule has 9 heteroatoms. The number of nitrogens with zero attached hydrogens (tertiary/aromatic N) is 4. The van der Waals surface area contributed by atoms with Gasteiger partial charge in [0.15, 0.2) is 5.65 Å². The number of carboxylic acid groups (broad SMARTS) is 1. The van der Waals surface area contributed by atoms with Crippen molar-refractivity contribution >= 4 is 17.1 Å². The third-order valence-electron chi connectivity index (χ3n) is 5.42. The van der Waals surface area contributed by atoms with Crippen molar-refractivity contribution in [3.05, 3.63) is 58.7 Å². The van der Waals surface area contributed by atoms with Crippen LogP contribution in [0.1, 0.15) is 36.4 Å². The monoisotopic (exact) mass is 437 g/mol. The highest BCUT2D eigenvalue weighted by Crippen LogP contribution is 2.25. The number of aliphatic carboxylic acids is 1. The van der Waals surface area contributed by atoms with Crippen molar-refractivity contribution in [3.63, 3.8) is 0 Å². The molecule has 0 aliphatic carbocycles. The Morgan fingerprint density at radius 1 is 1.19 bits per heavy atom. The van der Waals surface area contributed by atoms with E-state index in [9.17, 15) is 9.90 Å².